The maximum Gasteiger partial charge on any atom is 0.323 e. The normalized spacial score (nSPS) is 23.4. The van der Waals surface area contributed by atoms with E-state index in [4.69, 9.17) is 4.74 Å². The molecule has 2 rings (SSSR count). The summed E-state index contributed by atoms with van der Waals surface area (Å²) in [5.74, 6) is -0.0246. The molecule has 0 radical (unpaired) electrons. The van der Waals surface area contributed by atoms with E-state index >= 15 is 0 Å². The largest absolute Gasteiger partial charge is 0.465 e. The molecular weight excluding hydrogens is 244 g/mol. The van der Waals surface area contributed by atoms with Crippen molar-refractivity contribution in [3.05, 3.63) is 0 Å². The number of carbonyl (C=O) groups is 2. The molecule has 0 aromatic rings. The summed E-state index contributed by atoms with van der Waals surface area (Å²) in [6.45, 7) is 6.17. The minimum atomic E-state index is -0.221. The number of ether oxygens (including phenoxy) is 1. The summed E-state index contributed by atoms with van der Waals surface area (Å²) in [6.07, 6.45) is 4.02. The van der Waals surface area contributed by atoms with Crippen LogP contribution in [0.15, 0.2) is 0 Å². The monoisotopic (exact) mass is 268 g/mol. The lowest BCUT2D eigenvalue weighted by Gasteiger charge is -2.26. The number of rotatable bonds is 6. The minimum absolute atomic E-state index is 0.154. The van der Waals surface area contributed by atoms with Gasteiger partial charge in [0.1, 0.15) is 6.04 Å². The third kappa shape index (κ3) is 3.47. The summed E-state index contributed by atoms with van der Waals surface area (Å²) in [5.41, 5.74) is 0. The molecule has 1 aliphatic heterocycles. The van der Waals surface area contributed by atoms with Gasteiger partial charge in [0.2, 0.25) is 5.91 Å². The van der Waals surface area contributed by atoms with Crippen molar-refractivity contribution in [2.75, 3.05) is 26.2 Å². The molecule has 0 spiro atoms. The molecule has 19 heavy (non-hydrogen) atoms. The van der Waals surface area contributed by atoms with E-state index in [-0.39, 0.29) is 17.9 Å². The average molecular weight is 268 g/mol. The first-order chi connectivity index (χ1) is 9.17. The fraction of sp³-hybridized carbons (Fsp3) is 0.857. The molecule has 1 unspecified atom stereocenters. The molecule has 1 atom stereocenters. The lowest BCUT2D eigenvalue weighted by atomic mass is 10.2. The molecular formula is C14H24N2O3. The summed E-state index contributed by atoms with van der Waals surface area (Å²) in [4.78, 5) is 28.0. The molecule has 0 bridgehead atoms. The van der Waals surface area contributed by atoms with E-state index in [1.165, 1.54) is 0 Å². The zero-order valence-corrected chi connectivity index (χ0v) is 11.9. The van der Waals surface area contributed by atoms with Gasteiger partial charge in [0, 0.05) is 12.6 Å². The molecule has 1 saturated heterocycles. The molecule has 2 fully saturated rings. The van der Waals surface area contributed by atoms with Crippen LogP contribution in [0.2, 0.25) is 0 Å². The summed E-state index contributed by atoms with van der Waals surface area (Å²) in [6, 6.07) is 0.225. The SMILES string of the molecule is CCOC(=O)C1CCCN1CC(=O)N(CC)C1CC1. The van der Waals surface area contributed by atoms with Crippen molar-refractivity contribution < 1.29 is 14.3 Å². The summed E-state index contributed by atoms with van der Waals surface area (Å²) < 4.78 is 5.08. The second-order valence-electron chi connectivity index (χ2n) is 5.29. The number of likely N-dealkylation sites (tertiary alicyclic amines) is 1. The van der Waals surface area contributed by atoms with Gasteiger partial charge in [-0.1, -0.05) is 0 Å². The number of likely N-dealkylation sites (N-methyl/N-ethyl adjacent to an activating group) is 1. The molecule has 5 nitrogen and oxygen atoms in total. The smallest absolute Gasteiger partial charge is 0.323 e. The van der Waals surface area contributed by atoms with Crippen molar-refractivity contribution >= 4 is 11.9 Å². The van der Waals surface area contributed by atoms with Gasteiger partial charge in [-0.15, -0.1) is 0 Å². The van der Waals surface area contributed by atoms with Crippen LogP contribution in [0.25, 0.3) is 0 Å². The average Bonchev–Trinajstić information content (AvgIpc) is 3.09. The van der Waals surface area contributed by atoms with E-state index in [0.29, 0.717) is 19.2 Å². The van der Waals surface area contributed by atoms with Gasteiger partial charge < -0.3 is 9.64 Å². The standard InChI is InChI=1S/C14H24N2O3/c1-3-16(11-7-8-11)13(17)10-15-9-5-6-12(15)14(18)19-4-2/h11-12H,3-10H2,1-2H3. The van der Waals surface area contributed by atoms with Crippen LogP contribution in [0, 0.1) is 0 Å². The molecule has 1 amide bonds. The van der Waals surface area contributed by atoms with E-state index in [1.807, 2.05) is 23.6 Å². The quantitative estimate of drug-likeness (QED) is 0.675. The first-order valence-electron chi connectivity index (χ1n) is 7.37. The van der Waals surface area contributed by atoms with Gasteiger partial charge >= 0.3 is 5.97 Å². The van der Waals surface area contributed by atoms with Crippen LogP contribution in [0.1, 0.15) is 39.5 Å². The van der Waals surface area contributed by atoms with Crippen LogP contribution in [0.5, 0.6) is 0 Å². The Hall–Kier alpha value is -1.10. The molecule has 0 aromatic heterocycles. The van der Waals surface area contributed by atoms with Crippen molar-refractivity contribution in [2.24, 2.45) is 0 Å². The van der Waals surface area contributed by atoms with Gasteiger partial charge in [0.05, 0.1) is 13.2 Å². The first kappa shape index (κ1) is 14.3. The van der Waals surface area contributed by atoms with Gasteiger partial charge in [-0.05, 0) is 46.1 Å². The highest BCUT2D eigenvalue weighted by molar-refractivity contribution is 5.81. The van der Waals surface area contributed by atoms with Crippen LogP contribution in [-0.2, 0) is 14.3 Å². The number of esters is 1. The Labute approximate surface area is 114 Å². The van der Waals surface area contributed by atoms with E-state index in [9.17, 15) is 9.59 Å². The highest BCUT2D eigenvalue weighted by Crippen LogP contribution is 2.27. The molecule has 2 aliphatic rings. The molecule has 1 heterocycles. The van der Waals surface area contributed by atoms with Crippen LogP contribution in [0.4, 0.5) is 0 Å². The Kier molecular flexibility index (Phi) is 4.80. The van der Waals surface area contributed by atoms with Crippen LogP contribution in [-0.4, -0.2) is 60.0 Å². The predicted octanol–water partition coefficient (Wildman–Crippen LogP) is 1.02. The Balaban J connectivity index is 1.89. The number of hydrogen-bond acceptors (Lipinski definition) is 4. The van der Waals surface area contributed by atoms with Gasteiger partial charge in [0.25, 0.3) is 0 Å². The second-order valence-corrected chi connectivity index (χ2v) is 5.29. The Morgan fingerprint density at radius 3 is 2.58 bits per heavy atom. The van der Waals surface area contributed by atoms with Crippen molar-refractivity contribution in [3.63, 3.8) is 0 Å². The van der Waals surface area contributed by atoms with Crippen molar-refractivity contribution in [1.29, 1.82) is 0 Å². The fourth-order valence-corrected chi connectivity index (χ4v) is 2.81. The Morgan fingerprint density at radius 2 is 2.00 bits per heavy atom. The van der Waals surface area contributed by atoms with E-state index in [0.717, 1.165) is 38.8 Å². The Bertz CT molecular complexity index is 342. The molecule has 5 heteroatoms. The van der Waals surface area contributed by atoms with Gasteiger partial charge in [-0.25, -0.2) is 0 Å². The third-order valence-electron chi connectivity index (χ3n) is 3.91. The van der Waals surface area contributed by atoms with Crippen LogP contribution in [0.3, 0.4) is 0 Å². The molecule has 108 valence electrons. The molecule has 0 N–H and O–H groups in total. The molecule has 1 aliphatic carbocycles. The fourth-order valence-electron chi connectivity index (χ4n) is 2.81. The van der Waals surface area contributed by atoms with E-state index in [1.54, 1.807) is 0 Å². The second kappa shape index (κ2) is 6.37. The summed E-state index contributed by atoms with van der Waals surface area (Å²) in [5, 5.41) is 0. The van der Waals surface area contributed by atoms with Crippen molar-refractivity contribution in [3.8, 4) is 0 Å². The van der Waals surface area contributed by atoms with Gasteiger partial charge in [-0.3, -0.25) is 14.5 Å². The first-order valence-corrected chi connectivity index (χ1v) is 7.37. The summed E-state index contributed by atoms with van der Waals surface area (Å²) >= 11 is 0. The van der Waals surface area contributed by atoms with E-state index in [2.05, 4.69) is 0 Å². The maximum absolute atomic E-state index is 12.3. The van der Waals surface area contributed by atoms with Crippen LogP contribution < -0.4 is 0 Å². The number of nitrogens with zero attached hydrogens (tertiary/aromatic N) is 2. The topological polar surface area (TPSA) is 49.9 Å². The lowest BCUT2D eigenvalue weighted by molar-refractivity contribution is -0.149. The number of amides is 1. The number of carbonyl (C=O) groups excluding carboxylic acids is 2. The zero-order valence-electron chi connectivity index (χ0n) is 11.9. The molecule has 0 aromatic carbocycles. The maximum atomic E-state index is 12.3. The van der Waals surface area contributed by atoms with Crippen molar-refractivity contribution in [1.82, 2.24) is 9.80 Å². The highest BCUT2D eigenvalue weighted by Gasteiger charge is 2.36. The summed E-state index contributed by atoms with van der Waals surface area (Å²) in [7, 11) is 0. The lowest BCUT2D eigenvalue weighted by Crippen LogP contribution is -2.45. The predicted molar refractivity (Wildman–Crippen MR) is 71.6 cm³/mol. The molecule has 1 saturated carbocycles. The van der Waals surface area contributed by atoms with Crippen molar-refractivity contribution in [2.45, 2.75) is 51.6 Å². The third-order valence-corrected chi connectivity index (χ3v) is 3.91. The van der Waals surface area contributed by atoms with Gasteiger partial charge in [0.15, 0.2) is 0 Å². The van der Waals surface area contributed by atoms with Gasteiger partial charge in [-0.2, -0.15) is 0 Å². The minimum Gasteiger partial charge on any atom is -0.465 e. The zero-order chi connectivity index (χ0) is 13.8. The highest BCUT2D eigenvalue weighted by atomic mass is 16.5. The Morgan fingerprint density at radius 1 is 1.26 bits per heavy atom. The van der Waals surface area contributed by atoms with Crippen LogP contribution >= 0.6 is 0 Å². The number of hydrogen-bond donors (Lipinski definition) is 0. The van der Waals surface area contributed by atoms with E-state index < -0.39 is 0 Å².